The van der Waals surface area contributed by atoms with Crippen molar-refractivity contribution in [2.24, 2.45) is 16.8 Å². The Balaban J connectivity index is 1.35. The highest BCUT2D eigenvalue weighted by atomic mass is 19.4. The summed E-state index contributed by atoms with van der Waals surface area (Å²) in [7, 11) is 0. The number of nitrogens with one attached hydrogen (secondary N) is 1. The molecule has 0 bridgehead atoms. The summed E-state index contributed by atoms with van der Waals surface area (Å²) in [4.78, 5) is 25.2. The quantitative estimate of drug-likeness (QED) is 0.392. The van der Waals surface area contributed by atoms with E-state index in [4.69, 9.17) is 0 Å². The Morgan fingerprint density at radius 1 is 1.17 bits per heavy atom. The number of halogens is 3. The lowest BCUT2D eigenvalue weighted by Crippen LogP contribution is -2.23. The minimum Gasteiger partial charge on any atom is -0.337 e. The number of imidazole rings is 1. The van der Waals surface area contributed by atoms with Gasteiger partial charge in [0.1, 0.15) is 5.71 Å². The number of rotatable bonds is 6. The van der Waals surface area contributed by atoms with Crippen LogP contribution in [0.3, 0.4) is 0 Å². The van der Waals surface area contributed by atoms with E-state index in [1.165, 1.54) is 31.3 Å². The number of aryl methyl sites for hydroxylation is 1. The maximum atomic E-state index is 13.4. The third kappa shape index (κ3) is 4.79. The zero-order valence-electron chi connectivity index (χ0n) is 20.3. The number of alkyl halides is 3. The highest BCUT2D eigenvalue weighted by molar-refractivity contribution is 6.27. The number of carbonyl (C=O) groups is 1. The molecule has 1 aliphatic heterocycles. The maximum absolute atomic E-state index is 13.4. The van der Waals surface area contributed by atoms with Gasteiger partial charge in [-0.15, -0.1) is 0 Å². The lowest BCUT2D eigenvalue weighted by atomic mass is 9.80. The number of aliphatic imine (C=N–C) groups is 1. The molecule has 0 unspecified atom stereocenters. The van der Waals surface area contributed by atoms with Crippen molar-refractivity contribution >= 4 is 34.2 Å². The molecule has 2 aliphatic rings. The van der Waals surface area contributed by atoms with Gasteiger partial charge in [0.2, 0.25) is 0 Å². The number of benzene rings is 1. The van der Waals surface area contributed by atoms with Gasteiger partial charge >= 0.3 is 6.18 Å². The Kier molecular flexibility index (Phi) is 6.40. The van der Waals surface area contributed by atoms with Gasteiger partial charge in [-0.05, 0) is 55.4 Å². The van der Waals surface area contributed by atoms with Gasteiger partial charge in [-0.25, -0.2) is 9.97 Å². The fraction of sp³-hybridized carbons (Fsp3) is 0.407. The summed E-state index contributed by atoms with van der Waals surface area (Å²) in [5.41, 5.74) is 2.13. The van der Waals surface area contributed by atoms with Gasteiger partial charge in [0.05, 0.1) is 18.4 Å². The van der Waals surface area contributed by atoms with Crippen LogP contribution in [0, 0.1) is 18.8 Å². The van der Waals surface area contributed by atoms with Crippen LogP contribution in [0.2, 0.25) is 0 Å². The fourth-order valence-corrected chi connectivity index (χ4v) is 5.18. The molecule has 36 heavy (non-hydrogen) atoms. The number of nitrogens with zero attached hydrogens (tertiary/aromatic N) is 4. The Hall–Kier alpha value is -3.49. The van der Waals surface area contributed by atoms with E-state index in [1.807, 2.05) is 25.1 Å². The van der Waals surface area contributed by atoms with Gasteiger partial charge < -0.3 is 5.32 Å². The molecule has 1 saturated carbocycles. The number of aromatic nitrogens is 3. The Labute approximate surface area is 207 Å². The van der Waals surface area contributed by atoms with Gasteiger partial charge in [0, 0.05) is 35.6 Å². The third-order valence-corrected chi connectivity index (χ3v) is 7.17. The van der Waals surface area contributed by atoms with Gasteiger partial charge in [-0.3, -0.25) is 14.2 Å². The molecule has 0 amide bonds. The molecule has 0 spiro atoms. The molecule has 1 N–H and O–H groups in total. The van der Waals surface area contributed by atoms with E-state index in [9.17, 15) is 18.0 Å². The summed E-state index contributed by atoms with van der Waals surface area (Å²) in [5, 5.41) is 3.21. The van der Waals surface area contributed by atoms with E-state index in [-0.39, 0.29) is 17.9 Å². The smallest absolute Gasteiger partial charge is 0.337 e. The van der Waals surface area contributed by atoms with Crippen LogP contribution in [-0.4, -0.2) is 38.6 Å². The van der Waals surface area contributed by atoms with E-state index < -0.39 is 11.9 Å². The molecule has 6 nitrogen and oxygen atoms in total. The fourth-order valence-electron chi connectivity index (χ4n) is 5.18. The van der Waals surface area contributed by atoms with E-state index >= 15 is 0 Å². The van der Waals surface area contributed by atoms with Crippen molar-refractivity contribution in [2.75, 3.05) is 11.9 Å². The van der Waals surface area contributed by atoms with Crippen molar-refractivity contribution in [1.29, 1.82) is 0 Å². The number of fused-ring (bicyclic) bond motifs is 1. The average molecular weight is 496 g/mol. The summed E-state index contributed by atoms with van der Waals surface area (Å²) in [6, 6.07) is 5.54. The number of hydrogen-bond acceptors (Lipinski definition) is 5. The highest BCUT2D eigenvalue weighted by Gasteiger charge is 2.40. The standard InChI is InChI=1S/C27H28F3N5O/c1-16-3-5-18(6-4-16)14-23(36)20-8-7-19(13-17(20)2)34-25-26-33-15-22(35(26)12-11-32-25)21-9-10-31-24(21)27(28,29)30/h7-9,11-13,15-16,18H,3-6,10,14H2,1-2H3,(H,32,34)/t16-,18+. The monoisotopic (exact) mass is 495 g/mol. The molecule has 0 saturated heterocycles. The molecule has 1 aliphatic carbocycles. The lowest BCUT2D eigenvalue weighted by molar-refractivity contribution is -0.0571. The van der Waals surface area contributed by atoms with Crippen LogP contribution < -0.4 is 5.32 Å². The zero-order chi connectivity index (χ0) is 25.4. The average Bonchev–Trinajstić information content (AvgIpc) is 3.48. The molecule has 3 aromatic rings. The molecule has 9 heteroatoms. The zero-order valence-corrected chi connectivity index (χ0v) is 20.3. The Morgan fingerprint density at radius 2 is 1.94 bits per heavy atom. The lowest BCUT2D eigenvalue weighted by Gasteiger charge is -2.25. The summed E-state index contributed by atoms with van der Waals surface area (Å²) < 4.78 is 41.8. The SMILES string of the molecule is Cc1cc(Nc2nccn3c(C4=CCN=C4C(F)(F)F)cnc23)ccc1C(=O)C[C@H]1CC[C@@H](C)CC1. The third-order valence-electron chi connectivity index (χ3n) is 7.17. The molecule has 1 aromatic carbocycles. The summed E-state index contributed by atoms with van der Waals surface area (Å²) in [6.45, 7) is 4.17. The molecule has 2 aromatic heterocycles. The normalized spacial score (nSPS) is 20.4. The molecule has 1 fully saturated rings. The second kappa shape index (κ2) is 9.52. The second-order valence-electron chi connectivity index (χ2n) is 9.83. The molecule has 5 rings (SSSR count). The number of hydrogen-bond donors (Lipinski definition) is 1. The summed E-state index contributed by atoms with van der Waals surface area (Å²) in [5.74, 6) is 1.79. The van der Waals surface area contributed by atoms with Crippen LogP contribution >= 0.6 is 0 Å². The molecule has 3 heterocycles. The molecular formula is C27H28F3N5O. The van der Waals surface area contributed by atoms with Crippen molar-refractivity contribution in [1.82, 2.24) is 14.4 Å². The number of allylic oxidation sites excluding steroid dienone is 1. The predicted octanol–water partition coefficient (Wildman–Crippen LogP) is 6.58. The first kappa shape index (κ1) is 24.2. The number of ketones is 1. The van der Waals surface area contributed by atoms with Gasteiger partial charge in [0.25, 0.3) is 0 Å². The molecular weight excluding hydrogens is 467 g/mol. The van der Waals surface area contributed by atoms with E-state index in [1.54, 1.807) is 10.6 Å². The van der Waals surface area contributed by atoms with Gasteiger partial charge in [-0.1, -0.05) is 25.8 Å². The Bertz CT molecular complexity index is 1360. The van der Waals surface area contributed by atoms with Crippen LogP contribution in [0.1, 0.15) is 60.6 Å². The first-order valence-corrected chi connectivity index (χ1v) is 12.3. The van der Waals surface area contributed by atoms with E-state index in [0.717, 1.165) is 35.6 Å². The van der Waals surface area contributed by atoms with E-state index in [2.05, 4.69) is 27.2 Å². The minimum atomic E-state index is -4.54. The van der Waals surface area contributed by atoms with Crippen molar-refractivity contribution in [3.63, 3.8) is 0 Å². The van der Waals surface area contributed by atoms with Gasteiger partial charge in [0.15, 0.2) is 17.2 Å². The van der Waals surface area contributed by atoms with Crippen LogP contribution in [-0.2, 0) is 0 Å². The minimum absolute atomic E-state index is 0.0123. The predicted molar refractivity (Wildman–Crippen MR) is 134 cm³/mol. The van der Waals surface area contributed by atoms with Crippen LogP contribution in [0.5, 0.6) is 0 Å². The maximum Gasteiger partial charge on any atom is 0.433 e. The second-order valence-corrected chi connectivity index (χ2v) is 9.83. The van der Waals surface area contributed by atoms with Crippen LogP contribution in [0.15, 0.2) is 47.9 Å². The number of anilines is 2. The highest BCUT2D eigenvalue weighted by Crippen LogP contribution is 2.34. The van der Waals surface area contributed by atoms with E-state index in [0.29, 0.717) is 29.5 Å². The first-order valence-electron chi connectivity index (χ1n) is 12.3. The number of Topliss-reactive ketones (excluding diaryl/α,β-unsaturated/α-hetero) is 1. The number of carbonyl (C=O) groups excluding carboxylic acids is 1. The largest absolute Gasteiger partial charge is 0.433 e. The van der Waals surface area contributed by atoms with Crippen molar-refractivity contribution in [3.05, 3.63) is 59.7 Å². The summed E-state index contributed by atoms with van der Waals surface area (Å²) >= 11 is 0. The van der Waals surface area contributed by atoms with Crippen LogP contribution in [0.25, 0.3) is 11.2 Å². The van der Waals surface area contributed by atoms with Crippen molar-refractivity contribution < 1.29 is 18.0 Å². The molecule has 188 valence electrons. The van der Waals surface area contributed by atoms with Crippen molar-refractivity contribution in [3.8, 4) is 0 Å². The van der Waals surface area contributed by atoms with Gasteiger partial charge in [-0.2, -0.15) is 13.2 Å². The van der Waals surface area contributed by atoms with Crippen LogP contribution in [0.4, 0.5) is 24.7 Å². The van der Waals surface area contributed by atoms with Crippen molar-refractivity contribution in [2.45, 2.75) is 52.1 Å². The summed E-state index contributed by atoms with van der Waals surface area (Å²) in [6.07, 6.45) is 6.59. The molecule has 0 atom stereocenters. The molecule has 0 radical (unpaired) electrons. The Morgan fingerprint density at radius 3 is 2.67 bits per heavy atom. The first-order chi connectivity index (χ1) is 17.2. The topological polar surface area (TPSA) is 71.7 Å².